The Hall–Kier alpha value is -2.30. The molecule has 1 aromatic rings. The summed E-state index contributed by atoms with van der Waals surface area (Å²) in [5.41, 5.74) is 2.41. The fraction of sp³-hybridized carbons (Fsp3) is 0.375. The third-order valence-electron chi connectivity index (χ3n) is 3.32. The molecule has 0 aliphatic carbocycles. The van der Waals surface area contributed by atoms with Crippen molar-refractivity contribution in [2.45, 2.75) is 26.6 Å². The summed E-state index contributed by atoms with van der Waals surface area (Å²) in [5, 5.41) is 5.99. The van der Waals surface area contributed by atoms with Gasteiger partial charge in [0.2, 0.25) is 0 Å². The van der Waals surface area contributed by atoms with Gasteiger partial charge < -0.3 is 9.64 Å². The quantitative estimate of drug-likeness (QED) is 0.350. The topological polar surface area (TPSA) is 40.4 Å². The van der Waals surface area contributed by atoms with Crippen LogP contribution in [0.2, 0.25) is 0 Å². The highest BCUT2D eigenvalue weighted by atomic mass is 16.5. The van der Waals surface area contributed by atoms with Crippen LogP contribution in [0.3, 0.4) is 0 Å². The number of rotatable bonds is 6. The van der Waals surface area contributed by atoms with Crippen molar-refractivity contribution in [3.05, 3.63) is 48.2 Å². The molecule has 0 aliphatic rings. The summed E-state index contributed by atoms with van der Waals surface area (Å²) in [6.45, 7) is 12.0. The van der Waals surface area contributed by atoms with E-state index in [0.717, 1.165) is 0 Å². The van der Waals surface area contributed by atoms with Gasteiger partial charge in [-0.05, 0) is 19.4 Å². The van der Waals surface area contributed by atoms with Gasteiger partial charge in [-0.15, -0.1) is 0 Å². The number of hydrogen-bond acceptors (Lipinski definition) is 4. The molecular weight excluding hydrogens is 264 g/mol. The van der Waals surface area contributed by atoms with Crippen LogP contribution in [0.25, 0.3) is 0 Å². The smallest absolute Gasteiger partial charge is 0.293 e. The van der Waals surface area contributed by atoms with Crippen LogP contribution in [0.5, 0.6) is 0 Å². The second kappa shape index (κ2) is 8.09. The van der Waals surface area contributed by atoms with Gasteiger partial charge in [-0.3, -0.25) is 5.01 Å². The Kier molecular flexibility index (Phi) is 6.46. The van der Waals surface area contributed by atoms with E-state index < -0.39 is 0 Å². The number of hydrogen-bond donors (Lipinski definition) is 0. The van der Waals surface area contributed by atoms with E-state index in [1.165, 1.54) is 17.3 Å². The zero-order valence-corrected chi connectivity index (χ0v) is 13.3. The first-order chi connectivity index (χ1) is 10.0. The number of aliphatic imine (C=N–C) groups is 1. The molecule has 5 heteroatoms. The Morgan fingerprint density at radius 3 is 2.48 bits per heavy atom. The molecule has 1 rings (SSSR count). The minimum atomic E-state index is -0.0533. The molecular formula is C16H24N4O. The van der Waals surface area contributed by atoms with Gasteiger partial charge in [-0.25, -0.2) is 4.99 Å². The van der Waals surface area contributed by atoms with Crippen LogP contribution >= 0.6 is 0 Å². The predicted octanol–water partition coefficient (Wildman–Crippen LogP) is 2.84. The lowest BCUT2D eigenvalue weighted by Crippen LogP contribution is -2.45. The van der Waals surface area contributed by atoms with Gasteiger partial charge in [0, 0.05) is 20.0 Å². The van der Waals surface area contributed by atoms with Gasteiger partial charge in [-0.1, -0.05) is 36.4 Å². The first-order valence-corrected chi connectivity index (χ1v) is 6.77. The first kappa shape index (κ1) is 16.8. The maximum Gasteiger partial charge on any atom is 0.293 e. The third-order valence-corrected chi connectivity index (χ3v) is 3.32. The Bertz CT molecular complexity index is 496. The summed E-state index contributed by atoms with van der Waals surface area (Å²) < 4.78 is 5.25. The number of nitrogens with zero attached hydrogens (tertiary/aromatic N) is 4. The van der Waals surface area contributed by atoms with E-state index in [1.54, 1.807) is 7.11 Å². The zero-order chi connectivity index (χ0) is 15.8. The molecule has 0 saturated carbocycles. The lowest BCUT2D eigenvalue weighted by molar-refractivity contribution is 0.101. The van der Waals surface area contributed by atoms with Crippen molar-refractivity contribution < 1.29 is 4.74 Å². The molecule has 0 radical (unpaired) electrons. The highest BCUT2D eigenvalue weighted by Crippen LogP contribution is 2.12. The molecule has 0 bridgehead atoms. The third kappa shape index (κ3) is 4.63. The Balaban J connectivity index is 2.83. The Morgan fingerprint density at radius 1 is 1.38 bits per heavy atom. The number of hydrazone groups is 1. The summed E-state index contributed by atoms with van der Waals surface area (Å²) in [4.78, 5) is 5.97. The first-order valence-electron chi connectivity index (χ1n) is 6.77. The van der Waals surface area contributed by atoms with Crippen LogP contribution < -0.4 is 0 Å². The second-order valence-corrected chi connectivity index (χ2v) is 4.77. The van der Waals surface area contributed by atoms with Crippen LogP contribution in [0, 0.1) is 6.92 Å². The average molecular weight is 288 g/mol. The molecule has 1 atom stereocenters. The van der Waals surface area contributed by atoms with Crippen molar-refractivity contribution >= 4 is 12.7 Å². The van der Waals surface area contributed by atoms with Crippen molar-refractivity contribution in [1.29, 1.82) is 0 Å². The van der Waals surface area contributed by atoms with Gasteiger partial charge in [0.05, 0.1) is 13.7 Å². The zero-order valence-electron chi connectivity index (χ0n) is 13.3. The van der Waals surface area contributed by atoms with E-state index in [9.17, 15) is 0 Å². The minimum absolute atomic E-state index is 0.0533. The van der Waals surface area contributed by atoms with Crippen LogP contribution in [0.15, 0.2) is 47.1 Å². The molecule has 21 heavy (non-hydrogen) atoms. The molecule has 0 aliphatic heterocycles. The van der Waals surface area contributed by atoms with Crippen molar-refractivity contribution in [2.24, 2.45) is 10.1 Å². The van der Waals surface area contributed by atoms with E-state index >= 15 is 0 Å². The van der Waals surface area contributed by atoms with E-state index in [4.69, 9.17) is 4.74 Å². The van der Waals surface area contributed by atoms with Crippen LogP contribution in [-0.2, 0) is 11.3 Å². The number of aryl methyl sites for hydroxylation is 1. The van der Waals surface area contributed by atoms with Crippen molar-refractivity contribution in [1.82, 2.24) is 9.91 Å². The molecule has 1 unspecified atom stereocenters. The molecule has 0 heterocycles. The minimum Gasteiger partial charge on any atom is -0.468 e. The fourth-order valence-electron chi connectivity index (χ4n) is 1.91. The second-order valence-electron chi connectivity index (χ2n) is 4.77. The van der Waals surface area contributed by atoms with Crippen molar-refractivity contribution in [3.8, 4) is 0 Å². The van der Waals surface area contributed by atoms with E-state index in [0.29, 0.717) is 12.6 Å². The Labute approximate surface area is 127 Å². The monoisotopic (exact) mass is 288 g/mol. The maximum absolute atomic E-state index is 5.25. The van der Waals surface area contributed by atoms with Gasteiger partial charge in [0.1, 0.15) is 6.17 Å². The summed E-state index contributed by atoms with van der Waals surface area (Å²) in [6, 6.07) is 8.84. The Morgan fingerprint density at radius 2 is 2.00 bits per heavy atom. The van der Waals surface area contributed by atoms with Crippen molar-refractivity contribution in [2.75, 3.05) is 14.2 Å². The number of amidine groups is 1. The van der Waals surface area contributed by atoms with E-state index in [1.807, 2.05) is 23.9 Å². The van der Waals surface area contributed by atoms with E-state index in [-0.39, 0.29) is 6.17 Å². The van der Waals surface area contributed by atoms with Crippen LogP contribution in [0.4, 0.5) is 0 Å². The number of ether oxygens (including phenoxy) is 1. The molecule has 0 N–H and O–H groups in total. The number of methoxy groups -OCH3 is 1. The predicted molar refractivity (Wildman–Crippen MR) is 88.1 cm³/mol. The van der Waals surface area contributed by atoms with Gasteiger partial charge in [-0.2, -0.15) is 5.10 Å². The average Bonchev–Trinajstić information content (AvgIpc) is 2.50. The van der Waals surface area contributed by atoms with Crippen LogP contribution in [-0.4, -0.2) is 43.0 Å². The summed E-state index contributed by atoms with van der Waals surface area (Å²) in [6.07, 6.45) is 1.40. The van der Waals surface area contributed by atoms with Gasteiger partial charge >= 0.3 is 0 Å². The van der Waals surface area contributed by atoms with Gasteiger partial charge in [0.25, 0.3) is 6.02 Å². The van der Waals surface area contributed by atoms with Crippen LogP contribution in [0.1, 0.15) is 18.1 Å². The van der Waals surface area contributed by atoms with Crippen molar-refractivity contribution in [3.63, 3.8) is 0 Å². The molecule has 1 aromatic carbocycles. The summed E-state index contributed by atoms with van der Waals surface area (Å²) in [5.74, 6) is 0. The summed E-state index contributed by atoms with van der Waals surface area (Å²) >= 11 is 0. The normalized spacial score (nSPS) is 12.5. The highest BCUT2D eigenvalue weighted by Gasteiger charge is 2.20. The molecule has 114 valence electrons. The highest BCUT2D eigenvalue weighted by molar-refractivity contribution is 5.74. The lowest BCUT2D eigenvalue weighted by Gasteiger charge is -2.34. The standard InChI is InChI=1S/C16H24N4O/c1-7-18-16(21-6)19(5)14(3)20(17-4)12-15-10-8-13(2)9-11-15/h7-11,14H,1,4,12H2,2-3,5-6H3. The fourth-order valence-corrected chi connectivity index (χ4v) is 1.91. The molecule has 0 spiro atoms. The maximum atomic E-state index is 5.25. The SMILES string of the molecule is C=CN=C(OC)N(C)C(C)N(Cc1ccc(C)cc1)N=C. The largest absolute Gasteiger partial charge is 0.468 e. The summed E-state index contributed by atoms with van der Waals surface area (Å²) in [7, 11) is 3.47. The molecule has 0 amide bonds. The molecule has 5 nitrogen and oxygen atoms in total. The molecule has 0 saturated heterocycles. The molecule has 0 fully saturated rings. The molecule has 0 aromatic heterocycles. The lowest BCUT2D eigenvalue weighted by atomic mass is 10.1. The van der Waals surface area contributed by atoms with Gasteiger partial charge in [0.15, 0.2) is 0 Å². The van der Waals surface area contributed by atoms with E-state index in [2.05, 4.69) is 54.6 Å². The number of benzene rings is 1.